The summed E-state index contributed by atoms with van der Waals surface area (Å²) in [6, 6.07) is 35.4. The summed E-state index contributed by atoms with van der Waals surface area (Å²) in [6.07, 6.45) is 2.12. The zero-order valence-corrected chi connectivity index (χ0v) is 30.3. The number of amides is 3. The quantitative estimate of drug-likeness (QED) is 0.0803. The number of nitrogens with one attached hydrogen (secondary N) is 3. The molecule has 3 N–H and O–H groups in total. The van der Waals surface area contributed by atoms with Crippen LogP contribution in [0.2, 0.25) is 0 Å². The van der Waals surface area contributed by atoms with E-state index in [0.29, 0.717) is 39.9 Å². The molecule has 1 atom stereocenters. The van der Waals surface area contributed by atoms with Gasteiger partial charge >= 0.3 is 0 Å². The minimum Gasteiger partial charge on any atom is -0.497 e. The predicted octanol–water partition coefficient (Wildman–Crippen LogP) is 8.90. The van der Waals surface area contributed by atoms with E-state index in [0.717, 1.165) is 26.9 Å². The molecule has 1 aromatic heterocycles. The van der Waals surface area contributed by atoms with Crippen LogP contribution in [0.3, 0.4) is 0 Å². The third-order valence-corrected chi connectivity index (χ3v) is 10.2. The highest BCUT2D eigenvalue weighted by atomic mass is 32.2. The molecule has 1 heterocycles. The minimum absolute atomic E-state index is 0.00713. The molecule has 6 aromatic rings. The lowest BCUT2D eigenvalue weighted by Crippen LogP contribution is -2.30. The Morgan fingerprint density at radius 2 is 1.62 bits per heavy atom. The lowest BCUT2D eigenvalue weighted by Gasteiger charge is -2.15. The molecule has 0 fully saturated rings. The number of carbonyl (C=O) groups is 3. The van der Waals surface area contributed by atoms with Gasteiger partial charge in [0.05, 0.1) is 25.2 Å². The number of hydrogen-bond acceptors (Lipinski definition) is 8. The van der Waals surface area contributed by atoms with Crippen molar-refractivity contribution in [1.82, 2.24) is 10.3 Å². The van der Waals surface area contributed by atoms with Gasteiger partial charge in [0.15, 0.2) is 5.13 Å². The van der Waals surface area contributed by atoms with Gasteiger partial charge in [-0.15, -0.1) is 23.1 Å². The molecule has 0 saturated carbocycles. The van der Waals surface area contributed by atoms with Crippen LogP contribution < -0.4 is 25.4 Å². The van der Waals surface area contributed by atoms with E-state index in [1.54, 1.807) is 73.8 Å². The van der Waals surface area contributed by atoms with Crippen LogP contribution in [0.4, 0.5) is 10.8 Å². The Kier molecular flexibility index (Phi) is 11.6. The zero-order valence-electron chi connectivity index (χ0n) is 28.7. The van der Waals surface area contributed by atoms with Crippen molar-refractivity contribution in [1.29, 1.82) is 0 Å². The molecule has 0 aliphatic heterocycles. The van der Waals surface area contributed by atoms with Gasteiger partial charge in [0.2, 0.25) is 5.91 Å². The van der Waals surface area contributed by atoms with E-state index in [9.17, 15) is 14.4 Å². The van der Waals surface area contributed by atoms with Crippen molar-refractivity contribution in [3.63, 3.8) is 0 Å². The first-order valence-corrected chi connectivity index (χ1v) is 18.2. The molecule has 6 rings (SSSR count). The number of carbonyl (C=O) groups excluding carboxylic acids is 3. The average molecular weight is 729 g/mol. The normalized spacial score (nSPS) is 11.8. The van der Waals surface area contributed by atoms with Crippen LogP contribution in [0.25, 0.3) is 28.1 Å². The predicted molar refractivity (Wildman–Crippen MR) is 210 cm³/mol. The molecule has 0 aliphatic carbocycles. The van der Waals surface area contributed by atoms with Crippen molar-refractivity contribution >= 4 is 68.5 Å². The van der Waals surface area contributed by atoms with Crippen LogP contribution >= 0.6 is 23.1 Å². The third-order valence-electron chi connectivity index (χ3n) is 8.08. The summed E-state index contributed by atoms with van der Waals surface area (Å²) in [4.78, 5) is 45.8. The summed E-state index contributed by atoms with van der Waals surface area (Å²) in [7, 11) is 3.07. The Balaban J connectivity index is 1.16. The molecule has 11 heteroatoms. The van der Waals surface area contributed by atoms with Crippen molar-refractivity contribution in [3.05, 3.63) is 137 Å². The Morgan fingerprint density at radius 1 is 0.827 bits per heavy atom. The van der Waals surface area contributed by atoms with Crippen molar-refractivity contribution < 1.29 is 23.9 Å². The van der Waals surface area contributed by atoms with Crippen LogP contribution in [0.5, 0.6) is 11.5 Å². The molecular weight excluding hydrogens is 693 g/mol. The molecule has 1 unspecified atom stereocenters. The van der Waals surface area contributed by atoms with E-state index >= 15 is 0 Å². The second-order valence-electron chi connectivity index (χ2n) is 11.6. The van der Waals surface area contributed by atoms with Crippen molar-refractivity contribution in [2.75, 3.05) is 24.9 Å². The number of benzene rings is 5. The monoisotopic (exact) mass is 728 g/mol. The van der Waals surface area contributed by atoms with Gasteiger partial charge in [-0.05, 0) is 71.8 Å². The molecule has 0 aliphatic rings. The van der Waals surface area contributed by atoms with Crippen LogP contribution in [0.15, 0.2) is 131 Å². The van der Waals surface area contributed by atoms with Gasteiger partial charge in [-0.3, -0.25) is 14.4 Å². The smallest absolute Gasteiger partial charge is 0.272 e. The molecule has 9 nitrogen and oxygen atoms in total. The van der Waals surface area contributed by atoms with E-state index in [1.165, 1.54) is 30.2 Å². The summed E-state index contributed by atoms with van der Waals surface area (Å²) >= 11 is 2.77. The van der Waals surface area contributed by atoms with Crippen molar-refractivity contribution in [2.45, 2.75) is 23.5 Å². The van der Waals surface area contributed by atoms with Gasteiger partial charge in [0, 0.05) is 38.7 Å². The number of hydrogen-bond donors (Lipinski definition) is 3. The Morgan fingerprint density at radius 3 is 2.38 bits per heavy atom. The first-order valence-electron chi connectivity index (χ1n) is 16.5. The second kappa shape index (κ2) is 16.9. The first-order chi connectivity index (χ1) is 25.3. The first kappa shape index (κ1) is 35.9. The summed E-state index contributed by atoms with van der Waals surface area (Å²) in [5.41, 5.74) is 3.24. The molecule has 3 amide bonds. The number of fused-ring (bicyclic) bond motifs is 1. The average Bonchev–Trinajstić information content (AvgIpc) is 3.65. The Bertz CT molecular complexity index is 2250. The van der Waals surface area contributed by atoms with Crippen LogP contribution in [-0.4, -0.2) is 42.2 Å². The molecule has 0 saturated heterocycles. The number of thiazole rings is 1. The Labute approximate surface area is 310 Å². The number of anilines is 2. The van der Waals surface area contributed by atoms with E-state index in [-0.39, 0.29) is 11.6 Å². The van der Waals surface area contributed by atoms with Gasteiger partial charge in [0.1, 0.15) is 17.2 Å². The molecule has 262 valence electrons. The molecule has 0 radical (unpaired) electrons. The molecule has 5 aromatic carbocycles. The second-order valence-corrected chi connectivity index (χ2v) is 13.7. The molecular formula is C41H36N4O5S2. The summed E-state index contributed by atoms with van der Waals surface area (Å²) in [5, 5.41) is 13.0. The van der Waals surface area contributed by atoms with E-state index in [2.05, 4.69) is 45.2 Å². The van der Waals surface area contributed by atoms with Gasteiger partial charge in [-0.1, -0.05) is 67.6 Å². The van der Waals surface area contributed by atoms with E-state index in [4.69, 9.17) is 9.47 Å². The maximum absolute atomic E-state index is 13.7. The number of rotatable bonds is 13. The lowest BCUT2D eigenvalue weighted by molar-refractivity contribution is -0.116. The lowest BCUT2D eigenvalue weighted by atomic mass is 10.1. The standard InChI is InChI=1S/C41H36N4O5S2/c1-4-37(40(48)45-41-44-35(25-51-41)29-18-17-26-11-8-9-14-28(26)21-29)52-33-16-10-15-31(23-33)42-39(47)34(43-38(46)27-12-6-5-7-13-27)22-30-19-20-32(49-2)24-36(30)50-3/h5-25,37H,4H2,1-3H3,(H,42,47)(H,43,46)(H,44,45,48)/b34-22+. The summed E-state index contributed by atoms with van der Waals surface area (Å²) in [5.74, 6) is -0.105. The minimum atomic E-state index is -0.542. The number of ether oxygens (including phenoxy) is 2. The zero-order chi connectivity index (χ0) is 36.5. The highest BCUT2D eigenvalue weighted by Gasteiger charge is 2.21. The maximum atomic E-state index is 13.7. The summed E-state index contributed by atoms with van der Waals surface area (Å²) < 4.78 is 10.8. The summed E-state index contributed by atoms with van der Waals surface area (Å²) in [6.45, 7) is 1.95. The van der Waals surface area contributed by atoms with Crippen molar-refractivity contribution in [3.8, 4) is 22.8 Å². The largest absolute Gasteiger partial charge is 0.497 e. The highest BCUT2D eigenvalue weighted by Crippen LogP contribution is 2.32. The van der Waals surface area contributed by atoms with Crippen LogP contribution in [0, 0.1) is 0 Å². The fourth-order valence-electron chi connectivity index (χ4n) is 5.37. The van der Waals surface area contributed by atoms with Crippen LogP contribution in [-0.2, 0) is 9.59 Å². The number of aromatic nitrogens is 1. The molecule has 0 spiro atoms. The van der Waals surface area contributed by atoms with E-state index < -0.39 is 17.1 Å². The molecule has 52 heavy (non-hydrogen) atoms. The van der Waals surface area contributed by atoms with Crippen LogP contribution in [0.1, 0.15) is 29.3 Å². The van der Waals surface area contributed by atoms with Gasteiger partial charge in [-0.25, -0.2) is 4.98 Å². The number of methoxy groups -OCH3 is 2. The highest BCUT2D eigenvalue weighted by molar-refractivity contribution is 8.00. The van der Waals surface area contributed by atoms with Crippen molar-refractivity contribution in [2.24, 2.45) is 0 Å². The van der Waals surface area contributed by atoms with Gasteiger partial charge < -0.3 is 25.4 Å². The number of nitrogens with zero attached hydrogens (tertiary/aromatic N) is 1. The van der Waals surface area contributed by atoms with Gasteiger partial charge in [-0.2, -0.15) is 0 Å². The SMILES string of the molecule is CCC(Sc1cccc(NC(=O)/C(=C\c2ccc(OC)cc2OC)NC(=O)c2ccccc2)c1)C(=O)Nc1nc(-c2ccc3ccccc3c2)cs1. The van der Waals surface area contributed by atoms with Gasteiger partial charge in [0.25, 0.3) is 11.8 Å². The molecule has 0 bridgehead atoms. The Hall–Kier alpha value is -5.91. The van der Waals surface area contributed by atoms with E-state index in [1.807, 2.05) is 42.6 Å². The topological polar surface area (TPSA) is 119 Å². The maximum Gasteiger partial charge on any atom is 0.272 e. The third kappa shape index (κ3) is 8.87. The number of thioether (sulfide) groups is 1. The fourth-order valence-corrected chi connectivity index (χ4v) is 7.10. The fraction of sp³-hybridized carbons (Fsp3) is 0.122.